The van der Waals surface area contributed by atoms with Crippen LogP contribution in [0, 0.1) is 13.8 Å². The number of para-hydroxylation sites is 1. The van der Waals surface area contributed by atoms with Crippen molar-refractivity contribution in [1.82, 2.24) is 4.90 Å². The van der Waals surface area contributed by atoms with Gasteiger partial charge in [0.15, 0.2) is 0 Å². The molecule has 0 atom stereocenters. The van der Waals surface area contributed by atoms with Gasteiger partial charge >= 0.3 is 11.9 Å². The molecule has 1 amide bonds. The summed E-state index contributed by atoms with van der Waals surface area (Å²) >= 11 is 0. The van der Waals surface area contributed by atoms with Crippen molar-refractivity contribution in [2.75, 3.05) is 30.0 Å². The molecule has 2 aromatic rings. The maximum absolute atomic E-state index is 13.4. The summed E-state index contributed by atoms with van der Waals surface area (Å²) in [6.45, 7) is 8.85. The molecular formula is C27H34N6O4. The quantitative estimate of drug-likeness (QED) is 0.333. The number of nitrogens with zero attached hydrogens (tertiary/aromatic N) is 4. The van der Waals surface area contributed by atoms with E-state index in [4.69, 9.17) is 10.8 Å². The summed E-state index contributed by atoms with van der Waals surface area (Å²) in [5, 5.41) is 24.2. The van der Waals surface area contributed by atoms with Crippen molar-refractivity contribution in [3.8, 4) is 5.75 Å². The van der Waals surface area contributed by atoms with E-state index >= 15 is 0 Å². The molecule has 2 heterocycles. The molecule has 2 aromatic carbocycles. The predicted octanol–water partition coefficient (Wildman–Crippen LogP) is 3.18. The van der Waals surface area contributed by atoms with E-state index in [1.54, 1.807) is 19.9 Å². The average Bonchev–Trinajstić information content (AvgIpc) is 3.17. The van der Waals surface area contributed by atoms with Gasteiger partial charge in [-0.05, 0) is 94.4 Å². The van der Waals surface area contributed by atoms with Crippen molar-refractivity contribution in [3.05, 3.63) is 53.1 Å². The van der Waals surface area contributed by atoms with Crippen molar-refractivity contribution in [1.29, 1.82) is 0 Å². The molecule has 0 aliphatic carbocycles. The van der Waals surface area contributed by atoms with Crippen LogP contribution < -0.4 is 16.1 Å². The second-order valence-corrected chi connectivity index (χ2v) is 10.3. The van der Waals surface area contributed by atoms with Crippen LogP contribution in [0.2, 0.25) is 0 Å². The van der Waals surface area contributed by atoms with E-state index in [0.29, 0.717) is 30.3 Å². The number of piperidine rings is 1. The number of hydrazone groups is 1. The number of aliphatic imine (C=N–C) groups is 1. The maximum atomic E-state index is 13.4. The third-order valence-corrected chi connectivity index (χ3v) is 6.88. The molecule has 0 aromatic heterocycles. The number of anilines is 2. The normalized spacial score (nSPS) is 18.4. The van der Waals surface area contributed by atoms with Gasteiger partial charge in [-0.1, -0.05) is 18.2 Å². The number of hydrogen-bond donors (Lipinski definition) is 4. The lowest BCUT2D eigenvalue weighted by Crippen LogP contribution is -2.51. The highest BCUT2D eigenvalue weighted by Gasteiger charge is 2.39. The summed E-state index contributed by atoms with van der Waals surface area (Å²) < 4.78 is 0. The lowest BCUT2D eigenvalue weighted by atomic mass is 9.88. The number of amides is 1. The van der Waals surface area contributed by atoms with Gasteiger partial charge in [0, 0.05) is 0 Å². The number of hydrogen-bond acceptors (Lipinski definition) is 7. The zero-order valence-electron chi connectivity index (χ0n) is 21.7. The summed E-state index contributed by atoms with van der Waals surface area (Å²) in [4.78, 5) is 32.2. The lowest BCUT2D eigenvalue weighted by Gasteiger charge is -2.31. The van der Waals surface area contributed by atoms with Gasteiger partial charge in [0.25, 0.3) is 0 Å². The number of carbonyl (C=O) groups excluding carboxylic acids is 1. The van der Waals surface area contributed by atoms with E-state index in [0.717, 1.165) is 29.5 Å². The van der Waals surface area contributed by atoms with E-state index in [1.165, 1.54) is 4.90 Å². The summed E-state index contributed by atoms with van der Waals surface area (Å²) in [5.74, 6) is -0.775. The number of rotatable bonds is 7. The van der Waals surface area contributed by atoms with Crippen LogP contribution >= 0.6 is 0 Å². The molecule has 0 spiro atoms. The third kappa shape index (κ3) is 5.65. The minimum Gasteiger partial charge on any atom is -0.505 e. The first-order valence-electron chi connectivity index (χ1n) is 12.3. The Morgan fingerprint density at radius 3 is 2.51 bits per heavy atom. The van der Waals surface area contributed by atoms with Gasteiger partial charge < -0.3 is 15.9 Å². The number of carbonyl (C=O) groups is 2. The zero-order valence-corrected chi connectivity index (χ0v) is 21.7. The molecule has 0 bridgehead atoms. The molecule has 196 valence electrons. The Hall–Kier alpha value is -3.76. The first-order chi connectivity index (χ1) is 17.5. The van der Waals surface area contributed by atoms with Crippen molar-refractivity contribution in [2.24, 2.45) is 15.8 Å². The number of aromatic hydroxyl groups is 1. The Bertz CT molecular complexity index is 1270. The van der Waals surface area contributed by atoms with Crippen LogP contribution in [0.1, 0.15) is 49.3 Å². The lowest BCUT2D eigenvalue weighted by molar-refractivity contribution is -0.138. The van der Waals surface area contributed by atoms with Gasteiger partial charge in [0.05, 0.1) is 23.5 Å². The fourth-order valence-electron chi connectivity index (χ4n) is 4.69. The standard InChI is InChI=1S/C27H34N6O4/c1-16-8-9-19(14-17(16)2)33-25(37)24(29-26(33)27(3,4)28)31-30-21-7-5-6-20(23(21)36)18-10-12-32(13-11-18)15-22(34)35/h5-9,14,18,30,36H,10-13,15,28H2,1-4H3,(H,34,35)/b31-24+. The number of amidine groups is 2. The summed E-state index contributed by atoms with van der Waals surface area (Å²) in [7, 11) is 0. The van der Waals surface area contributed by atoms with Crippen LogP contribution in [0.25, 0.3) is 0 Å². The van der Waals surface area contributed by atoms with Crippen LogP contribution in [0.4, 0.5) is 11.4 Å². The number of phenolic OH excluding ortho intramolecular Hbond substituents is 1. The van der Waals surface area contributed by atoms with E-state index in [1.807, 2.05) is 49.1 Å². The molecule has 0 unspecified atom stereocenters. The van der Waals surface area contributed by atoms with Gasteiger partial charge in [0.2, 0.25) is 5.84 Å². The Labute approximate surface area is 216 Å². The molecule has 1 saturated heterocycles. The third-order valence-electron chi connectivity index (χ3n) is 6.88. The van der Waals surface area contributed by atoms with E-state index in [2.05, 4.69) is 15.5 Å². The van der Waals surface area contributed by atoms with Crippen molar-refractivity contribution >= 4 is 34.9 Å². The number of carboxylic acids is 1. The van der Waals surface area contributed by atoms with Gasteiger partial charge in [0.1, 0.15) is 11.6 Å². The van der Waals surface area contributed by atoms with Crippen LogP contribution in [0.15, 0.2) is 46.5 Å². The SMILES string of the molecule is Cc1ccc(N2C(=O)/C(=N\Nc3cccc(C4CCN(CC(=O)O)CC4)c3O)N=C2C(C)(C)N)cc1C. The molecule has 2 aliphatic heterocycles. The van der Waals surface area contributed by atoms with Gasteiger partial charge in [-0.2, -0.15) is 0 Å². The number of likely N-dealkylation sites (tertiary alicyclic amines) is 1. The number of aliphatic carboxylic acids is 1. The van der Waals surface area contributed by atoms with Crippen LogP contribution in [-0.2, 0) is 9.59 Å². The fourth-order valence-corrected chi connectivity index (χ4v) is 4.69. The maximum Gasteiger partial charge on any atom is 0.317 e. The molecule has 10 nitrogen and oxygen atoms in total. The monoisotopic (exact) mass is 506 g/mol. The minimum absolute atomic E-state index is 0.0209. The van der Waals surface area contributed by atoms with Crippen molar-refractivity contribution in [3.63, 3.8) is 0 Å². The molecule has 2 aliphatic rings. The predicted molar refractivity (Wildman–Crippen MR) is 144 cm³/mol. The molecule has 4 rings (SSSR count). The Balaban J connectivity index is 1.56. The molecule has 5 N–H and O–H groups in total. The second-order valence-electron chi connectivity index (χ2n) is 10.3. The average molecular weight is 507 g/mol. The highest BCUT2D eigenvalue weighted by molar-refractivity contribution is 6.54. The van der Waals surface area contributed by atoms with Gasteiger partial charge in [-0.3, -0.25) is 24.8 Å². The number of benzene rings is 2. The largest absolute Gasteiger partial charge is 0.505 e. The van der Waals surface area contributed by atoms with Crippen LogP contribution in [0.5, 0.6) is 5.75 Å². The van der Waals surface area contributed by atoms with Gasteiger partial charge in [-0.25, -0.2) is 4.99 Å². The van der Waals surface area contributed by atoms with E-state index in [-0.39, 0.29) is 24.0 Å². The molecular weight excluding hydrogens is 472 g/mol. The highest BCUT2D eigenvalue weighted by Crippen LogP contribution is 2.38. The van der Waals surface area contributed by atoms with E-state index < -0.39 is 17.4 Å². The summed E-state index contributed by atoms with van der Waals surface area (Å²) in [6, 6.07) is 11.1. The first kappa shape index (κ1) is 26.3. The summed E-state index contributed by atoms with van der Waals surface area (Å²) in [6.07, 6.45) is 1.48. The second kappa shape index (κ2) is 10.3. The zero-order chi connectivity index (χ0) is 26.9. The fraction of sp³-hybridized carbons (Fsp3) is 0.407. The Morgan fingerprint density at radius 2 is 1.89 bits per heavy atom. The van der Waals surface area contributed by atoms with Crippen LogP contribution in [0.3, 0.4) is 0 Å². The molecule has 10 heteroatoms. The van der Waals surface area contributed by atoms with E-state index in [9.17, 15) is 14.7 Å². The van der Waals surface area contributed by atoms with Crippen molar-refractivity contribution in [2.45, 2.75) is 52.0 Å². The minimum atomic E-state index is -0.900. The first-order valence-corrected chi connectivity index (χ1v) is 12.3. The topological polar surface area (TPSA) is 144 Å². The molecule has 1 fully saturated rings. The number of nitrogens with two attached hydrogens (primary N) is 1. The Kier molecular flexibility index (Phi) is 7.33. The number of phenols is 1. The smallest absolute Gasteiger partial charge is 0.317 e. The molecule has 0 saturated carbocycles. The van der Waals surface area contributed by atoms with Crippen LogP contribution in [-0.4, -0.2) is 63.8 Å². The number of nitrogens with one attached hydrogen (secondary N) is 1. The molecule has 37 heavy (non-hydrogen) atoms. The van der Waals surface area contributed by atoms with Gasteiger partial charge in [-0.15, -0.1) is 5.10 Å². The number of aryl methyl sites for hydroxylation is 2. The molecule has 0 radical (unpaired) electrons. The Morgan fingerprint density at radius 1 is 1.19 bits per heavy atom. The summed E-state index contributed by atoms with van der Waals surface area (Å²) in [5.41, 5.74) is 12.2. The highest BCUT2D eigenvalue weighted by atomic mass is 16.4. The number of carboxylic acid groups (broad SMARTS) is 1. The van der Waals surface area contributed by atoms with Crippen molar-refractivity contribution < 1.29 is 19.8 Å².